The van der Waals surface area contributed by atoms with Crippen molar-refractivity contribution in [1.29, 1.82) is 0 Å². The van der Waals surface area contributed by atoms with E-state index in [9.17, 15) is 18.0 Å². The molecule has 0 aliphatic heterocycles. The van der Waals surface area contributed by atoms with Gasteiger partial charge >= 0.3 is 0 Å². The average Bonchev–Trinajstić information content (AvgIpc) is 3.08. The molecule has 0 spiro atoms. The van der Waals surface area contributed by atoms with E-state index >= 15 is 0 Å². The molecule has 0 saturated heterocycles. The van der Waals surface area contributed by atoms with Crippen molar-refractivity contribution in [2.75, 3.05) is 0 Å². The monoisotopic (exact) mass is 726 g/mol. The molecule has 3 rings (SSSR count). The van der Waals surface area contributed by atoms with Gasteiger partial charge in [0.15, 0.2) is 11.5 Å². The van der Waals surface area contributed by atoms with Crippen molar-refractivity contribution in [1.82, 2.24) is 11.0 Å². The van der Waals surface area contributed by atoms with E-state index in [4.69, 9.17) is 20.4 Å². The molecule has 0 unspecified atom stereocenters. The Morgan fingerprint density at radius 3 is 1.22 bits per heavy atom. The molecule has 0 heterocycles. The van der Waals surface area contributed by atoms with Gasteiger partial charge in [0.25, 0.3) is 20.9 Å². The Labute approximate surface area is 304 Å². The highest BCUT2D eigenvalue weighted by molar-refractivity contribution is 8.13. The SMILES string of the molecule is CCC(C)(C)c1ccc(ONC(=O)c2cc(C(=O)NOc3ccc(C(C)(C)CC)cc3C(C)(C)CC)cc(S(=O)(=O)Cl)c2)c(C(C)(C)CC)c1. The van der Waals surface area contributed by atoms with Crippen LogP contribution in [0.5, 0.6) is 11.5 Å². The molecule has 0 atom stereocenters. The molecule has 0 aliphatic rings. The summed E-state index contributed by atoms with van der Waals surface area (Å²) >= 11 is 0. The number of hydrogen-bond acceptors (Lipinski definition) is 6. The van der Waals surface area contributed by atoms with Crippen molar-refractivity contribution in [3.8, 4) is 11.5 Å². The first kappa shape index (κ1) is 40.9. The molecule has 3 aromatic rings. The lowest BCUT2D eigenvalue weighted by atomic mass is 9.76. The second kappa shape index (κ2) is 15.4. The molecule has 0 fully saturated rings. The van der Waals surface area contributed by atoms with Gasteiger partial charge < -0.3 is 9.68 Å². The summed E-state index contributed by atoms with van der Waals surface area (Å²) in [4.78, 5) is 38.2. The average molecular weight is 727 g/mol. The van der Waals surface area contributed by atoms with Gasteiger partial charge in [-0.15, -0.1) is 0 Å². The minimum Gasteiger partial charge on any atom is -0.379 e. The Bertz CT molecular complexity index is 1720. The molecule has 274 valence electrons. The van der Waals surface area contributed by atoms with Crippen LogP contribution in [0.3, 0.4) is 0 Å². The van der Waals surface area contributed by atoms with Crippen LogP contribution in [0.1, 0.15) is 152 Å². The zero-order valence-electron chi connectivity index (χ0n) is 31.8. The number of rotatable bonds is 15. The van der Waals surface area contributed by atoms with Crippen LogP contribution in [0.2, 0.25) is 0 Å². The van der Waals surface area contributed by atoms with Crippen molar-refractivity contribution >= 4 is 31.5 Å². The van der Waals surface area contributed by atoms with Gasteiger partial charge in [0.1, 0.15) is 0 Å². The van der Waals surface area contributed by atoms with Crippen molar-refractivity contribution < 1.29 is 27.7 Å². The maximum Gasteiger partial charge on any atom is 0.283 e. The number of hydroxylamine groups is 2. The molecule has 10 heteroatoms. The molecule has 0 radical (unpaired) electrons. The highest BCUT2D eigenvalue weighted by Gasteiger charge is 2.29. The predicted octanol–water partition coefficient (Wildman–Crippen LogP) is 9.81. The van der Waals surface area contributed by atoms with Gasteiger partial charge in [-0.05, 0) is 88.8 Å². The molecular weight excluding hydrogens is 672 g/mol. The summed E-state index contributed by atoms with van der Waals surface area (Å²) in [5.74, 6) is -0.595. The van der Waals surface area contributed by atoms with Crippen molar-refractivity contribution in [3.63, 3.8) is 0 Å². The first-order valence-electron chi connectivity index (χ1n) is 17.4. The fourth-order valence-corrected chi connectivity index (χ4v) is 6.05. The molecule has 3 aromatic carbocycles. The van der Waals surface area contributed by atoms with E-state index in [-0.39, 0.29) is 32.8 Å². The molecule has 8 nitrogen and oxygen atoms in total. The summed E-state index contributed by atoms with van der Waals surface area (Å²) in [6, 6.07) is 15.3. The van der Waals surface area contributed by atoms with E-state index in [0.717, 1.165) is 60.1 Å². The van der Waals surface area contributed by atoms with Gasteiger partial charge in [-0.3, -0.25) is 9.59 Å². The summed E-state index contributed by atoms with van der Waals surface area (Å²) in [6.45, 7) is 25.6. The third-order valence-corrected chi connectivity index (χ3v) is 12.1. The number of hydrogen-bond donors (Lipinski definition) is 2. The van der Waals surface area contributed by atoms with Gasteiger partial charge in [-0.1, -0.05) is 107 Å². The first-order valence-corrected chi connectivity index (χ1v) is 19.7. The summed E-state index contributed by atoms with van der Waals surface area (Å²) in [6.07, 6.45) is 3.53. The largest absolute Gasteiger partial charge is 0.379 e. The second-order valence-electron chi connectivity index (χ2n) is 15.6. The summed E-state index contributed by atoms with van der Waals surface area (Å²) in [5.41, 5.74) is 8.09. The Morgan fingerprint density at radius 1 is 0.580 bits per heavy atom. The quantitative estimate of drug-likeness (QED) is 0.119. The smallest absolute Gasteiger partial charge is 0.283 e. The lowest BCUT2D eigenvalue weighted by Crippen LogP contribution is -2.31. The van der Waals surface area contributed by atoms with Crippen LogP contribution in [0.15, 0.2) is 59.5 Å². The summed E-state index contributed by atoms with van der Waals surface area (Å²) < 4.78 is 24.9. The number of nitrogens with one attached hydrogen (secondary N) is 2. The first-order chi connectivity index (χ1) is 23.0. The second-order valence-corrected chi connectivity index (χ2v) is 18.2. The zero-order chi connectivity index (χ0) is 37.9. The van der Waals surface area contributed by atoms with Crippen LogP contribution < -0.4 is 20.6 Å². The third kappa shape index (κ3) is 9.40. The Hall–Kier alpha value is -3.56. The fraction of sp³-hybridized carbons (Fsp3) is 0.500. The van der Waals surface area contributed by atoms with E-state index in [1.165, 1.54) is 6.07 Å². The normalized spacial score (nSPS) is 12.7. The number of benzene rings is 3. The van der Waals surface area contributed by atoms with Gasteiger partial charge in [0.2, 0.25) is 0 Å². The zero-order valence-corrected chi connectivity index (χ0v) is 33.3. The van der Waals surface area contributed by atoms with Crippen molar-refractivity contribution in [2.45, 2.75) is 135 Å². The van der Waals surface area contributed by atoms with E-state index in [2.05, 4.69) is 106 Å². The molecule has 2 N–H and O–H groups in total. The maximum absolute atomic E-state index is 13.4. The fourth-order valence-electron chi connectivity index (χ4n) is 5.25. The molecule has 0 bridgehead atoms. The van der Waals surface area contributed by atoms with Crippen LogP contribution in [0.4, 0.5) is 0 Å². The highest BCUT2D eigenvalue weighted by atomic mass is 35.7. The molecule has 0 saturated carbocycles. The summed E-state index contributed by atoms with van der Waals surface area (Å²) in [5, 5.41) is 0. The highest BCUT2D eigenvalue weighted by Crippen LogP contribution is 2.40. The van der Waals surface area contributed by atoms with Crippen molar-refractivity contribution in [3.05, 3.63) is 88.0 Å². The van der Waals surface area contributed by atoms with Crippen LogP contribution in [-0.2, 0) is 30.7 Å². The maximum atomic E-state index is 13.4. The Morgan fingerprint density at radius 2 is 0.920 bits per heavy atom. The van der Waals surface area contributed by atoms with E-state index in [0.29, 0.717) is 11.5 Å². The van der Waals surface area contributed by atoms with E-state index in [1.54, 1.807) is 0 Å². The number of halogens is 1. The van der Waals surface area contributed by atoms with Crippen LogP contribution >= 0.6 is 10.7 Å². The van der Waals surface area contributed by atoms with E-state index in [1.807, 2.05) is 24.3 Å². The minimum absolute atomic E-state index is 0.0578. The molecule has 2 amide bonds. The Kier molecular flexibility index (Phi) is 12.6. The van der Waals surface area contributed by atoms with Gasteiger partial charge in [0, 0.05) is 32.9 Å². The standard InChI is InChI=1S/C40H55ClN2O6S/c1-13-37(5,6)28-17-19-33(31(24-28)39(9,10)15-3)48-42-35(44)26-21-27(23-30(22-26)50(41,46)47)36(45)43-49-34-20-18-29(38(7,8)14-2)25-32(34)40(11,12)16-4/h17-25H,13-16H2,1-12H3,(H,42,44)(H,43,45). The summed E-state index contributed by atoms with van der Waals surface area (Å²) in [7, 11) is 1.38. The third-order valence-electron chi connectivity index (χ3n) is 10.7. The molecule has 0 aromatic heterocycles. The number of carbonyl (C=O) groups excluding carboxylic acids is 2. The van der Waals surface area contributed by atoms with E-state index < -0.39 is 25.8 Å². The lowest BCUT2D eigenvalue weighted by Gasteiger charge is -2.30. The van der Waals surface area contributed by atoms with Gasteiger partial charge in [0.05, 0.1) is 4.90 Å². The predicted molar refractivity (Wildman–Crippen MR) is 202 cm³/mol. The van der Waals surface area contributed by atoms with Crippen LogP contribution in [-0.4, -0.2) is 20.2 Å². The number of carbonyl (C=O) groups is 2. The van der Waals surface area contributed by atoms with Crippen LogP contribution in [0, 0.1) is 0 Å². The topological polar surface area (TPSA) is 111 Å². The van der Waals surface area contributed by atoms with Gasteiger partial charge in [-0.25, -0.2) is 8.42 Å². The molecule has 50 heavy (non-hydrogen) atoms. The van der Waals surface area contributed by atoms with Crippen LogP contribution in [0.25, 0.3) is 0 Å². The molecule has 0 aliphatic carbocycles. The number of amides is 2. The lowest BCUT2D eigenvalue weighted by molar-refractivity contribution is 0.0752. The molecular formula is C40H55ClN2O6S. The minimum atomic E-state index is -4.32. The van der Waals surface area contributed by atoms with Crippen molar-refractivity contribution in [2.24, 2.45) is 0 Å². The Balaban J connectivity index is 1.94. The van der Waals surface area contributed by atoms with Gasteiger partial charge in [-0.2, -0.15) is 11.0 Å².